The van der Waals surface area contributed by atoms with Gasteiger partial charge in [-0.2, -0.15) is 0 Å². The molecule has 0 saturated carbocycles. The van der Waals surface area contributed by atoms with Crippen LogP contribution in [-0.2, 0) is 12.0 Å². The van der Waals surface area contributed by atoms with Crippen molar-refractivity contribution in [3.05, 3.63) is 59.9 Å². The van der Waals surface area contributed by atoms with Crippen LogP contribution in [0.5, 0.6) is 5.75 Å². The first-order chi connectivity index (χ1) is 14.9. The number of likely N-dealkylation sites (tertiary alicyclic amines) is 1. The van der Waals surface area contributed by atoms with Gasteiger partial charge in [0, 0.05) is 38.9 Å². The average Bonchev–Trinajstić information content (AvgIpc) is 2.77. The Hall–Kier alpha value is -1.87. The third kappa shape index (κ3) is 8.58. The maximum absolute atomic E-state index is 5.94. The Morgan fingerprint density at radius 2 is 1.94 bits per heavy atom. The third-order valence-corrected chi connectivity index (χ3v) is 5.63. The summed E-state index contributed by atoms with van der Waals surface area (Å²) in [7, 11) is 1.82. The Labute approximate surface area is 210 Å². The zero-order valence-corrected chi connectivity index (χ0v) is 22.1. The van der Waals surface area contributed by atoms with Crippen molar-refractivity contribution in [1.82, 2.24) is 20.5 Å². The first kappa shape index (κ1) is 26.4. The van der Waals surface area contributed by atoms with E-state index in [0.29, 0.717) is 19.2 Å². The summed E-state index contributed by atoms with van der Waals surface area (Å²) >= 11 is 0. The molecule has 1 aromatic heterocycles. The van der Waals surface area contributed by atoms with Crippen LogP contribution in [-0.4, -0.2) is 55.2 Å². The standard InChI is InChI=1S/C25H37N5O.HI/c1-25(2,3)20-8-7-10-23(18-20)31-17-14-28-24(26-4)29-21-11-15-30(16-12-21)19-22-9-5-6-13-27-22;/h5-10,13,18,21H,11-12,14-17,19H2,1-4H3,(H2,26,28,29);1H. The number of piperidine rings is 1. The Morgan fingerprint density at radius 3 is 2.59 bits per heavy atom. The molecule has 1 saturated heterocycles. The molecule has 32 heavy (non-hydrogen) atoms. The highest BCUT2D eigenvalue weighted by Crippen LogP contribution is 2.25. The lowest BCUT2D eigenvalue weighted by Gasteiger charge is -2.32. The number of hydrogen-bond donors (Lipinski definition) is 2. The summed E-state index contributed by atoms with van der Waals surface area (Å²) in [6.07, 6.45) is 4.07. The first-order valence-electron chi connectivity index (χ1n) is 11.3. The number of guanidine groups is 1. The molecule has 2 heterocycles. The van der Waals surface area contributed by atoms with E-state index in [0.717, 1.165) is 49.9 Å². The zero-order valence-electron chi connectivity index (χ0n) is 19.8. The van der Waals surface area contributed by atoms with Gasteiger partial charge in [0.2, 0.25) is 0 Å². The smallest absolute Gasteiger partial charge is 0.191 e. The topological polar surface area (TPSA) is 61.8 Å². The summed E-state index contributed by atoms with van der Waals surface area (Å²) in [4.78, 5) is 11.3. The van der Waals surface area contributed by atoms with Crippen molar-refractivity contribution in [3.8, 4) is 5.75 Å². The minimum Gasteiger partial charge on any atom is -0.492 e. The fraction of sp³-hybridized carbons (Fsp3) is 0.520. The maximum Gasteiger partial charge on any atom is 0.191 e. The molecule has 176 valence electrons. The van der Waals surface area contributed by atoms with Gasteiger partial charge in [-0.1, -0.05) is 39.0 Å². The maximum atomic E-state index is 5.94. The molecule has 1 fully saturated rings. The summed E-state index contributed by atoms with van der Waals surface area (Å²) < 4.78 is 5.94. The predicted molar refractivity (Wildman–Crippen MR) is 143 cm³/mol. The van der Waals surface area contributed by atoms with Gasteiger partial charge >= 0.3 is 0 Å². The second kappa shape index (κ2) is 13.0. The van der Waals surface area contributed by atoms with E-state index in [2.05, 4.69) is 76.6 Å². The van der Waals surface area contributed by atoms with E-state index in [1.807, 2.05) is 25.4 Å². The third-order valence-electron chi connectivity index (χ3n) is 5.63. The van der Waals surface area contributed by atoms with Crippen LogP contribution >= 0.6 is 24.0 Å². The number of aliphatic imine (C=N–C) groups is 1. The van der Waals surface area contributed by atoms with Gasteiger partial charge in [0.05, 0.1) is 12.2 Å². The molecule has 0 aliphatic carbocycles. The molecule has 3 rings (SSSR count). The molecule has 1 aliphatic heterocycles. The van der Waals surface area contributed by atoms with E-state index >= 15 is 0 Å². The fourth-order valence-electron chi connectivity index (χ4n) is 3.73. The van der Waals surface area contributed by atoms with Gasteiger partial charge in [-0.3, -0.25) is 14.9 Å². The van der Waals surface area contributed by atoms with E-state index in [-0.39, 0.29) is 29.4 Å². The van der Waals surface area contributed by atoms with Gasteiger partial charge in [0.1, 0.15) is 12.4 Å². The summed E-state index contributed by atoms with van der Waals surface area (Å²) in [5.74, 6) is 1.76. The molecule has 2 N–H and O–H groups in total. The predicted octanol–water partition coefficient (Wildman–Crippen LogP) is 4.21. The summed E-state index contributed by atoms with van der Waals surface area (Å²) in [5, 5.41) is 6.93. The quantitative estimate of drug-likeness (QED) is 0.234. The zero-order chi connectivity index (χ0) is 22.1. The monoisotopic (exact) mass is 551 g/mol. The van der Waals surface area contributed by atoms with Gasteiger partial charge in [0.15, 0.2) is 5.96 Å². The van der Waals surface area contributed by atoms with Crippen molar-refractivity contribution >= 4 is 29.9 Å². The molecule has 7 heteroatoms. The second-order valence-electron chi connectivity index (χ2n) is 9.14. The van der Waals surface area contributed by atoms with Crippen molar-refractivity contribution in [3.63, 3.8) is 0 Å². The average molecular weight is 552 g/mol. The number of rotatable bonds is 7. The Kier molecular flexibility index (Phi) is 10.7. The normalized spacial score (nSPS) is 15.7. The number of halogens is 1. The van der Waals surface area contributed by atoms with Gasteiger partial charge in [0.25, 0.3) is 0 Å². The molecular formula is C25H38IN5O. The van der Waals surface area contributed by atoms with E-state index in [9.17, 15) is 0 Å². The van der Waals surface area contributed by atoms with Gasteiger partial charge in [-0.25, -0.2) is 0 Å². The van der Waals surface area contributed by atoms with Crippen molar-refractivity contribution in [1.29, 1.82) is 0 Å². The summed E-state index contributed by atoms with van der Waals surface area (Å²) in [6, 6.07) is 14.9. The number of nitrogens with zero attached hydrogens (tertiary/aromatic N) is 3. The van der Waals surface area contributed by atoms with E-state index in [1.54, 1.807) is 0 Å². The largest absolute Gasteiger partial charge is 0.492 e. The van der Waals surface area contributed by atoms with E-state index in [1.165, 1.54) is 5.56 Å². The highest BCUT2D eigenvalue weighted by molar-refractivity contribution is 14.0. The number of hydrogen-bond acceptors (Lipinski definition) is 4. The number of aromatic nitrogens is 1. The molecule has 1 aliphatic rings. The van der Waals surface area contributed by atoms with E-state index in [4.69, 9.17) is 4.74 Å². The highest BCUT2D eigenvalue weighted by atomic mass is 127. The number of benzene rings is 1. The minimum absolute atomic E-state index is 0. The number of ether oxygens (including phenoxy) is 1. The lowest BCUT2D eigenvalue weighted by atomic mass is 9.87. The molecule has 0 spiro atoms. The van der Waals surface area contributed by atoms with Gasteiger partial charge < -0.3 is 15.4 Å². The Balaban J connectivity index is 0.00000363. The Morgan fingerprint density at radius 1 is 1.16 bits per heavy atom. The summed E-state index contributed by atoms with van der Waals surface area (Å²) in [6.45, 7) is 11.0. The molecule has 0 amide bonds. The molecule has 6 nitrogen and oxygen atoms in total. The summed E-state index contributed by atoms with van der Waals surface area (Å²) in [5.41, 5.74) is 2.54. The van der Waals surface area contributed by atoms with Crippen molar-refractivity contribution in [2.75, 3.05) is 33.3 Å². The minimum atomic E-state index is 0. The fourth-order valence-corrected chi connectivity index (χ4v) is 3.73. The second-order valence-corrected chi connectivity index (χ2v) is 9.14. The van der Waals surface area contributed by atoms with Crippen LogP contribution in [0, 0.1) is 0 Å². The van der Waals surface area contributed by atoms with Crippen molar-refractivity contribution < 1.29 is 4.74 Å². The van der Waals surface area contributed by atoms with Crippen LogP contribution in [0.4, 0.5) is 0 Å². The molecule has 0 radical (unpaired) electrons. The highest BCUT2D eigenvalue weighted by Gasteiger charge is 2.20. The van der Waals surface area contributed by atoms with Gasteiger partial charge in [-0.05, 0) is 48.1 Å². The lowest BCUT2D eigenvalue weighted by molar-refractivity contribution is 0.196. The first-order valence-corrected chi connectivity index (χ1v) is 11.3. The van der Waals surface area contributed by atoms with Crippen LogP contribution in [0.25, 0.3) is 0 Å². The van der Waals surface area contributed by atoms with Crippen LogP contribution in [0.1, 0.15) is 44.9 Å². The van der Waals surface area contributed by atoms with E-state index < -0.39 is 0 Å². The Bertz CT molecular complexity index is 830. The number of pyridine rings is 1. The lowest BCUT2D eigenvalue weighted by Crippen LogP contribution is -2.49. The van der Waals surface area contributed by atoms with Crippen LogP contribution in [0.15, 0.2) is 53.7 Å². The van der Waals surface area contributed by atoms with Crippen LogP contribution in [0.2, 0.25) is 0 Å². The van der Waals surface area contributed by atoms with Gasteiger partial charge in [-0.15, -0.1) is 24.0 Å². The molecular weight excluding hydrogens is 513 g/mol. The van der Waals surface area contributed by atoms with Crippen LogP contribution < -0.4 is 15.4 Å². The van der Waals surface area contributed by atoms with Crippen LogP contribution in [0.3, 0.4) is 0 Å². The van der Waals surface area contributed by atoms with Crippen molar-refractivity contribution in [2.45, 2.75) is 51.6 Å². The number of nitrogens with one attached hydrogen (secondary N) is 2. The van der Waals surface area contributed by atoms with Crippen molar-refractivity contribution in [2.24, 2.45) is 4.99 Å². The molecule has 2 aromatic rings. The SMILES string of the molecule is CN=C(NCCOc1cccc(C(C)(C)C)c1)NC1CCN(Cc2ccccn2)CC1.I. The molecule has 1 aromatic carbocycles. The molecule has 0 atom stereocenters. The molecule has 0 bridgehead atoms. The molecule has 0 unspecified atom stereocenters.